The normalized spacial score (nSPS) is 17.0. The van der Waals surface area contributed by atoms with Crippen molar-refractivity contribution in [3.8, 4) is 22.1 Å². The van der Waals surface area contributed by atoms with Crippen molar-refractivity contribution in [2.24, 2.45) is 0 Å². The highest BCUT2D eigenvalue weighted by atomic mass is 32.2. The predicted molar refractivity (Wildman–Crippen MR) is 128 cm³/mol. The molecule has 1 aliphatic rings. The summed E-state index contributed by atoms with van der Waals surface area (Å²) in [7, 11) is 0.0427. The molecule has 1 amide bonds. The Morgan fingerprint density at radius 2 is 1.91 bits per heavy atom. The molecule has 33 heavy (non-hydrogen) atoms. The van der Waals surface area contributed by atoms with Gasteiger partial charge in [0.05, 0.1) is 43.4 Å². The fraction of sp³-hybridized carbons (Fsp3) is 0.333. The van der Waals surface area contributed by atoms with E-state index < -0.39 is 9.84 Å². The smallest absolute Gasteiger partial charge is 0.229 e. The SMILES string of the molecule is COc1cccc(-c2nc(CC(=O)N(Cc3ccccc3)[C@@H]3CCS(=O)(=O)C3)cs2)c1OC. The minimum Gasteiger partial charge on any atom is -0.493 e. The Morgan fingerprint density at radius 3 is 2.58 bits per heavy atom. The van der Waals surface area contributed by atoms with E-state index in [-0.39, 0.29) is 29.9 Å². The van der Waals surface area contributed by atoms with Crippen LogP contribution in [0.2, 0.25) is 0 Å². The Morgan fingerprint density at radius 1 is 1.12 bits per heavy atom. The van der Waals surface area contributed by atoms with Gasteiger partial charge >= 0.3 is 0 Å². The number of ether oxygens (including phenoxy) is 2. The molecule has 2 aromatic carbocycles. The lowest BCUT2D eigenvalue weighted by molar-refractivity contribution is -0.133. The zero-order valence-electron chi connectivity index (χ0n) is 18.6. The van der Waals surface area contributed by atoms with Gasteiger partial charge in [-0.25, -0.2) is 13.4 Å². The number of para-hydroxylation sites is 1. The van der Waals surface area contributed by atoms with Crippen LogP contribution >= 0.6 is 11.3 Å². The van der Waals surface area contributed by atoms with Crippen molar-refractivity contribution in [1.29, 1.82) is 0 Å². The van der Waals surface area contributed by atoms with Gasteiger partial charge < -0.3 is 14.4 Å². The number of benzene rings is 2. The third kappa shape index (κ3) is 5.36. The maximum Gasteiger partial charge on any atom is 0.229 e. The number of rotatable bonds is 8. The molecule has 2 heterocycles. The Kier molecular flexibility index (Phi) is 6.99. The lowest BCUT2D eigenvalue weighted by atomic mass is 10.1. The monoisotopic (exact) mass is 486 g/mol. The number of nitrogens with zero attached hydrogens (tertiary/aromatic N) is 2. The number of hydrogen-bond donors (Lipinski definition) is 0. The van der Waals surface area contributed by atoms with Gasteiger partial charge in [-0.2, -0.15) is 0 Å². The first-order valence-corrected chi connectivity index (χ1v) is 13.3. The summed E-state index contributed by atoms with van der Waals surface area (Å²) < 4.78 is 35.0. The largest absolute Gasteiger partial charge is 0.493 e. The fourth-order valence-electron chi connectivity index (χ4n) is 4.05. The second-order valence-electron chi connectivity index (χ2n) is 7.93. The van der Waals surface area contributed by atoms with E-state index in [1.165, 1.54) is 11.3 Å². The zero-order chi connectivity index (χ0) is 23.4. The van der Waals surface area contributed by atoms with E-state index in [1.54, 1.807) is 19.1 Å². The molecule has 174 valence electrons. The second kappa shape index (κ2) is 9.93. The number of aromatic nitrogens is 1. The molecule has 9 heteroatoms. The van der Waals surface area contributed by atoms with E-state index in [4.69, 9.17) is 9.47 Å². The molecule has 0 unspecified atom stereocenters. The summed E-state index contributed by atoms with van der Waals surface area (Å²) in [6.45, 7) is 0.376. The van der Waals surface area contributed by atoms with Gasteiger partial charge in [-0.1, -0.05) is 36.4 Å². The third-order valence-electron chi connectivity index (χ3n) is 5.68. The molecule has 3 aromatic rings. The molecule has 1 aliphatic heterocycles. The Bertz CT molecular complexity index is 1220. The molecule has 0 radical (unpaired) electrons. The van der Waals surface area contributed by atoms with E-state index in [0.29, 0.717) is 30.2 Å². The van der Waals surface area contributed by atoms with Crippen LogP contribution in [-0.4, -0.2) is 56.0 Å². The van der Waals surface area contributed by atoms with Crippen molar-refractivity contribution in [2.75, 3.05) is 25.7 Å². The third-order valence-corrected chi connectivity index (χ3v) is 8.36. The molecular weight excluding hydrogens is 460 g/mol. The molecule has 0 saturated carbocycles. The highest BCUT2D eigenvalue weighted by molar-refractivity contribution is 7.91. The topological polar surface area (TPSA) is 85.8 Å². The number of sulfone groups is 1. The van der Waals surface area contributed by atoms with Gasteiger partial charge in [0.15, 0.2) is 21.3 Å². The first-order chi connectivity index (χ1) is 15.9. The maximum absolute atomic E-state index is 13.3. The van der Waals surface area contributed by atoms with Crippen LogP contribution in [0.25, 0.3) is 10.6 Å². The van der Waals surface area contributed by atoms with E-state index in [9.17, 15) is 13.2 Å². The number of carbonyl (C=O) groups excluding carboxylic acids is 1. The summed E-state index contributed by atoms with van der Waals surface area (Å²) >= 11 is 1.43. The molecule has 1 aromatic heterocycles. The van der Waals surface area contributed by atoms with Gasteiger partial charge in [0.2, 0.25) is 5.91 Å². The molecule has 7 nitrogen and oxygen atoms in total. The average Bonchev–Trinajstić information content (AvgIpc) is 3.43. The molecular formula is C24H26N2O5S2. The molecule has 1 fully saturated rings. The van der Waals surface area contributed by atoms with Crippen LogP contribution in [-0.2, 0) is 27.6 Å². The summed E-state index contributed by atoms with van der Waals surface area (Å²) in [5, 5.41) is 2.59. The molecule has 1 saturated heterocycles. The quantitative estimate of drug-likeness (QED) is 0.484. The minimum atomic E-state index is -3.12. The summed E-state index contributed by atoms with van der Waals surface area (Å²) in [6.07, 6.45) is 0.566. The number of hydrogen-bond acceptors (Lipinski definition) is 7. The Labute approximate surface area is 197 Å². The molecule has 1 atom stereocenters. The standard InChI is InChI=1S/C24H26N2O5S2/c1-30-21-10-6-9-20(23(21)31-2)24-25-18(15-32-24)13-22(27)26(14-17-7-4-3-5-8-17)19-11-12-33(28,29)16-19/h3-10,15,19H,11-14,16H2,1-2H3/t19-/m1/s1. The number of amides is 1. The first kappa shape index (κ1) is 23.3. The van der Waals surface area contributed by atoms with Gasteiger partial charge in [0.1, 0.15) is 5.01 Å². The lowest BCUT2D eigenvalue weighted by Crippen LogP contribution is -2.41. The van der Waals surface area contributed by atoms with Crippen LogP contribution in [0.15, 0.2) is 53.9 Å². The van der Waals surface area contributed by atoms with Crippen molar-refractivity contribution in [3.63, 3.8) is 0 Å². The second-order valence-corrected chi connectivity index (χ2v) is 11.0. The van der Waals surface area contributed by atoms with Crippen molar-refractivity contribution in [2.45, 2.75) is 25.4 Å². The minimum absolute atomic E-state index is 0.00883. The molecule has 0 N–H and O–H groups in total. The van der Waals surface area contributed by atoms with Gasteiger partial charge in [-0.15, -0.1) is 11.3 Å². The van der Waals surface area contributed by atoms with Crippen LogP contribution in [0.1, 0.15) is 17.7 Å². The van der Waals surface area contributed by atoms with Crippen molar-refractivity contribution < 1.29 is 22.7 Å². The predicted octanol–water partition coefficient (Wildman–Crippen LogP) is 3.59. The maximum atomic E-state index is 13.3. The van der Waals surface area contributed by atoms with Crippen molar-refractivity contribution >= 4 is 27.1 Å². The van der Waals surface area contributed by atoms with Crippen LogP contribution < -0.4 is 9.47 Å². The Balaban J connectivity index is 1.56. The summed E-state index contributed by atoms with van der Waals surface area (Å²) in [5.74, 6) is 1.20. The highest BCUT2D eigenvalue weighted by Crippen LogP contribution is 2.39. The number of carbonyl (C=O) groups is 1. The first-order valence-electron chi connectivity index (χ1n) is 10.6. The summed E-state index contributed by atoms with van der Waals surface area (Å²) in [5.41, 5.74) is 2.41. The van der Waals surface area contributed by atoms with E-state index >= 15 is 0 Å². The van der Waals surface area contributed by atoms with Crippen molar-refractivity contribution in [3.05, 3.63) is 65.2 Å². The lowest BCUT2D eigenvalue weighted by Gasteiger charge is -2.28. The molecule has 0 aliphatic carbocycles. The van der Waals surface area contributed by atoms with Gasteiger partial charge in [-0.3, -0.25) is 4.79 Å². The average molecular weight is 487 g/mol. The van der Waals surface area contributed by atoms with Crippen LogP contribution in [0.5, 0.6) is 11.5 Å². The number of methoxy groups -OCH3 is 2. The van der Waals surface area contributed by atoms with E-state index in [1.807, 2.05) is 53.9 Å². The zero-order valence-corrected chi connectivity index (χ0v) is 20.2. The molecule has 0 bridgehead atoms. The van der Waals surface area contributed by atoms with Gasteiger partial charge in [-0.05, 0) is 24.1 Å². The molecule has 4 rings (SSSR count). The summed E-state index contributed by atoms with van der Waals surface area (Å²) in [6, 6.07) is 14.9. The molecule has 0 spiro atoms. The van der Waals surface area contributed by atoms with E-state index in [2.05, 4.69) is 4.98 Å². The van der Waals surface area contributed by atoms with Gasteiger partial charge in [0, 0.05) is 18.0 Å². The highest BCUT2D eigenvalue weighted by Gasteiger charge is 2.34. The van der Waals surface area contributed by atoms with Crippen LogP contribution in [0.3, 0.4) is 0 Å². The Hall–Kier alpha value is -2.91. The number of thiazole rings is 1. The van der Waals surface area contributed by atoms with Crippen molar-refractivity contribution in [1.82, 2.24) is 9.88 Å². The van der Waals surface area contributed by atoms with Crippen LogP contribution in [0, 0.1) is 0 Å². The van der Waals surface area contributed by atoms with Gasteiger partial charge in [0.25, 0.3) is 0 Å². The fourth-order valence-corrected chi connectivity index (χ4v) is 6.62. The summed E-state index contributed by atoms with van der Waals surface area (Å²) in [4.78, 5) is 19.7. The van der Waals surface area contributed by atoms with Crippen LogP contribution in [0.4, 0.5) is 0 Å². The van der Waals surface area contributed by atoms with E-state index in [0.717, 1.165) is 16.1 Å².